The molecule has 0 aliphatic heterocycles. The topological polar surface area (TPSA) is 60.9 Å². The third-order valence-electron chi connectivity index (χ3n) is 2.43. The van der Waals surface area contributed by atoms with Crippen molar-refractivity contribution in [3.63, 3.8) is 0 Å². The fraction of sp³-hybridized carbons (Fsp3) is 0.167. The number of hydrogen-bond acceptors (Lipinski definition) is 3. The third-order valence-corrected chi connectivity index (χ3v) is 2.67. The first-order valence-corrected chi connectivity index (χ1v) is 5.52. The van der Waals surface area contributed by atoms with Crippen LogP contribution in [0.2, 0.25) is 5.02 Å². The molecule has 0 unspecified atom stereocenters. The van der Waals surface area contributed by atoms with Crippen molar-refractivity contribution in [2.75, 3.05) is 5.73 Å². The lowest BCUT2D eigenvalue weighted by molar-refractivity contribution is 0.637. The van der Waals surface area contributed by atoms with Crippen LogP contribution in [-0.2, 0) is 6.54 Å². The Morgan fingerprint density at radius 2 is 2.18 bits per heavy atom. The number of nitrogen functional groups attached to an aromatic ring is 1. The summed E-state index contributed by atoms with van der Waals surface area (Å²) in [4.78, 5) is 11.7. The molecule has 1 heterocycles. The van der Waals surface area contributed by atoms with Crippen molar-refractivity contribution in [1.29, 1.82) is 0 Å². The number of aromatic nitrogens is 2. The van der Waals surface area contributed by atoms with Gasteiger partial charge >= 0.3 is 0 Å². The second-order valence-corrected chi connectivity index (χ2v) is 4.31. The van der Waals surface area contributed by atoms with Crippen LogP contribution >= 0.6 is 11.6 Å². The molecule has 2 rings (SSSR count). The molecule has 2 aromatic rings. The lowest BCUT2D eigenvalue weighted by atomic mass is 10.2. The van der Waals surface area contributed by atoms with Gasteiger partial charge in [0.25, 0.3) is 5.56 Å². The average Bonchev–Trinajstić information content (AvgIpc) is 2.25. The zero-order valence-electron chi connectivity index (χ0n) is 9.35. The second kappa shape index (κ2) is 4.59. The summed E-state index contributed by atoms with van der Waals surface area (Å²) in [6.07, 6.45) is 1.65. The number of nitrogens with two attached hydrogens (primary N) is 1. The molecule has 0 amide bonds. The Morgan fingerprint density at radius 1 is 1.41 bits per heavy atom. The van der Waals surface area contributed by atoms with Crippen molar-refractivity contribution in [3.8, 4) is 0 Å². The summed E-state index contributed by atoms with van der Waals surface area (Å²) in [5.74, 6) is 0. The van der Waals surface area contributed by atoms with E-state index in [1.807, 2.05) is 6.92 Å². The van der Waals surface area contributed by atoms with Crippen molar-refractivity contribution in [1.82, 2.24) is 9.78 Å². The minimum Gasteiger partial charge on any atom is -0.398 e. The van der Waals surface area contributed by atoms with Gasteiger partial charge in [-0.25, -0.2) is 4.68 Å². The van der Waals surface area contributed by atoms with Crippen molar-refractivity contribution in [3.05, 3.63) is 57.0 Å². The van der Waals surface area contributed by atoms with Crippen LogP contribution in [0.25, 0.3) is 0 Å². The smallest absolute Gasteiger partial charge is 0.267 e. The third kappa shape index (κ3) is 2.65. The van der Waals surface area contributed by atoms with Crippen molar-refractivity contribution in [2.24, 2.45) is 0 Å². The van der Waals surface area contributed by atoms with E-state index in [0.29, 0.717) is 17.3 Å². The van der Waals surface area contributed by atoms with Gasteiger partial charge < -0.3 is 5.73 Å². The number of hydrogen-bond donors (Lipinski definition) is 1. The molecular weight excluding hydrogens is 238 g/mol. The second-order valence-electron chi connectivity index (χ2n) is 3.87. The Labute approximate surface area is 104 Å². The Balaban J connectivity index is 2.35. The normalized spacial score (nSPS) is 10.5. The summed E-state index contributed by atoms with van der Waals surface area (Å²) in [5.41, 5.74) is 7.91. The van der Waals surface area contributed by atoms with E-state index in [1.54, 1.807) is 30.5 Å². The molecule has 5 heteroatoms. The number of anilines is 1. The molecule has 0 fully saturated rings. The molecule has 0 spiro atoms. The highest BCUT2D eigenvalue weighted by molar-refractivity contribution is 6.30. The minimum absolute atomic E-state index is 0.139. The van der Waals surface area contributed by atoms with Crippen LogP contribution in [0.15, 0.2) is 35.3 Å². The average molecular weight is 250 g/mol. The molecule has 17 heavy (non-hydrogen) atoms. The largest absolute Gasteiger partial charge is 0.398 e. The summed E-state index contributed by atoms with van der Waals surface area (Å²) in [5, 5.41) is 4.63. The van der Waals surface area contributed by atoms with E-state index in [0.717, 1.165) is 11.1 Å². The molecule has 1 aromatic carbocycles. The minimum atomic E-state index is -0.139. The van der Waals surface area contributed by atoms with Gasteiger partial charge in [-0.2, -0.15) is 5.10 Å². The van der Waals surface area contributed by atoms with Crippen molar-refractivity contribution >= 4 is 17.3 Å². The Morgan fingerprint density at radius 3 is 2.82 bits per heavy atom. The SMILES string of the molecule is Cc1cnn(Cc2ccc(Cl)cc2N)c(=O)c1. The molecule has 0 atom stereocenters. The van der Waals surface area contributed by atoms with Crippen LogP contribution < -0.4 is 11.3 Å². The first kappa shape index (κ1) is 11.7. The molecule has 0 radical (unpaired) electrons. The summed E-state index contributed by atoms with van der Waals surface area (Å²) >= 11 is 5.81. The van der Waals surface area contributed by atoms with Gasteiger partial charge in [0.05, 0.1) is 12.7 Å². The van der Waals surface area contributed by atoms with Gasteiger partial charge in [0.2, 0.25) is 0 Å². The van der Waals surface area contributed by atoms with E-state index in [-0.39, 0.29) is 5.56 Å². The van der Waals surface area contributed by atoms with Gasteiger partial charge in [-0.15, -0.1) is 0 Å². The molecule has 0 aliphatic rings. The zero-order chi connectivity index (χ0) is 12.4. The van der Waals surface area contributed by atoms with Gasteiger partial charge in [0.15, 0.2) is 0 Å². The van der Waals surface area contributed by atoms with E-state index in [1.165, 1.54) is 4.68 Å². The summed E-state index contributed by atoms with van der Waals surface area (Å²) in [6.45, 7) is 2.18. The van der Waals surface area contributed by atoms with E-state index in [4.69, 9.17) is 17.3 Å². The number of nitrogens with zero attached hydrogens (tertiary/aromatic N) is 2. The molecule has 2 N–H and O–H groups in total. The summed E-state index contributed by atoms with van der Waals surface area (Å²) in [6, 6.07) is 6.74. The molecule has 0 saturated heterocycles. The van der Waals surface area contributed by atoms with Gasteiger partial charge in [-0.1, -0.05) is 17.7 Å². The first-order valence-electron chi connectivity index (χ1n) is 5.14. The monoisotopic (exact) mass is 249 g/mol. The van der Waals surface area contributed by atoms with Crippen LogP contribution in [0.5, 0.6) is 0 Å². The van der Waals surface area contributed by atoms with Crippen LogP contribution in [0, 0.1) is 6.92 Å². The van der Waals surface area contributed by atoms with Crippen LogP contribution in [-0.4, -0.2) is 9.78 Å². The van der Waals surface area contributed by atoms with Gasteiger partial charge in [-0.3, -0.25) is 4.79 Å². The Kier molecular flexibility index (Phi) is 3.15. The molecule has 0 aliphatic carbocycles. The molecule has 88 valence electrons. The van der Waals surface area contributed by atoms with E-state index < -0.39 is 0 Å². The van der Waals surface area contributed by atoms with Gasteiger partial charge in [-0.05, 0) is 30.2 Å². The maximum Gasteiger partial charge on any atom is 0.267 e. The van der Waals surface area contributed by atoms with Crippen molar-refractivity contribution < 1.29 is 0 Å². The maximum atomic E-state index is 11.7. The summed E-state index contributed by atoms with van der Waals surface area (Å²) < 4.78 is 1.37. The molecule has 0 bridgehead atoms. The van der Waals surface area contributed by atoms with Crippen LogP contribution in [0.3, 0.4) is 0 Å². The van der Waals surface area contributed by atoms with Crippen molar-refractivity contribution in [2.45, 2.75) is 13.5 Å². The predicted octanol–water partition coefficient (Wildman–Crippen LogP) is 1.84. The number of aryl methyl sites for hydroxylation is 1. The lowest BCUT2D eigenvalue weighted by Crippen LogP contribution is -2.23. The highest BCUT2D eigenvalue weighted by Crippen LogP contribution is 2.18. The number of halogens is 1. The maximum absolute atomic E-state index is 11.7. The Hall–Kier alpha value is -1.81. The van der Waals surface area contributed by atoms with E-state index in [9.17, 15) is 4.79 Å². The highest BCUT2D eigenvalue weighted by Gasteiger charge is 2.03. The molecule has 4 nitrogen and oxygen atoms in total. The highest BCUT2D eigenvalue weighted by atomic mass is 35.5. The number of benzene rings is 1. The predicted molar refractivity (Wildman–Crippen MR) is 68.2 cm³/mol. The van der Waals surface area contributed by atoms with E-state index in [2.05, 4.69) is 5.10 Å². The first-order chi connectivity index (χ1) is 8.06. The standard InChI is InChI=1S/C12H12ClN3O/c1-8-4-12(17)16(15-6-8)7-9-2-3-10(13)5-11(9)14/h2-6H,7,14H2,1H3. The zero-order valence-corrected chi connectivity index (χ0v) is 10.1. The fourth-order valence-corrected chi connectivity index (χ4v) is 1.69. The van der Waals surface area contributed by atoms with Gasteiger partial charge in [0.1, 0.15) is 0 Å². The molecule has 0 saturated carbocycles. The van der Waals surface area contributed by atoms with Crippen LogP contribution in [0.4, 0.5) is 5.69 Å². The lowest BCUT2D eigenvalue weighted by Gasteiger charge is -2.07. The number of rotatable bonds is 2. The van der Waals surface area contributed by atoms with Gasteiger partial charge in [0, 0.05) is 16.8 Å². The quantitative estimate of drug-likeness (QED) is 0.826. The summed E-state index contributed by atoms with van der Waals surface area (Å²) in [7, 11) is 0. The van der Waals surface area contributed by atoms with E-state index >= 15 is 0 Å². The Bertz CT molecular complexity index is 607. The van der Waals surface area contributed by atoms with Crippen LogP contribution in [0.1, 0.15) is 11.1 Å². The molecular formula is C12H12ClN3O. The molecule has 1 aromatic heterocycles. The fourth-order valence-electron chi connectivity index (χ4n) is 1.51.